The molecule has 0 saturated carbocycles. The van der Waals surface area contributed by atoms with Crippen LogP contribution in [-0.2, 0) is 6.54 Å². The molecule has 0 bridgehead atoms. The van der Waals surface area contributed by atoms with Gasteiger partial charge in [-0.1, -0.05) is 56.9 Å². The van der Waals surface area contributed by atoms with Gasteiger partial charge in [0.05, 0.1) is 11.0 Å². The summed E-state index contributed by atoms with van der Waals surface area (Å²) in [6, 6.07) is 15.3. The van der Waals surface area contributed by atoms with E-state index < -0.39 is 0 Å². The zero-order valence-electron chi connectivity index (χ0n) is 14.7. The minimum Gasteiger partial charge on any atom is -0.507 e. The number of unbranched alkanes of at least 4 members (excludes halogenated alkanes) is 4. The van der Waals surface area contributed by atoms with Gasteiger partial charge in [0.15, 0.2) is 0 Å². The van der Waals surface area contributed by atoms with E-state index in [9.17, 15) is 5.11 Å². The van der Waals surface area contributed by atoms with Crippen LogP contribution < -0.4 is 0 Å². The molecule has 4 heteroatoms. The highest BCUT2D eigenvalue weighted by atomic mass is 16.3. The van der Waals surface area contributed by atoms with Crippen molar-refractivity contribution in [1.82, 2.24) is 9.55 Å². The molecule has 0 aliphatic carbocycles. The molecule has 0 unspecified atom stereocenters. The van der Waals surface area contributed by atoms with E-state index in [4.69, 9.17) is 0 Å². The van der Waals surface area contributed by atoms with Crippen LogP contribution in [0.1, 0.15) is 44.6 Å². The number of benzene rings is 2. The number of phenols is 1. The van der Waals surface area contributed by atoms with Crippen molar-refractivity contribution < 1.29 is 5.11 Å². The smallest absolute Gasteiger partial charge is 0.230 e. The summed E-state index contributed by atoms with van der Waals surface area (Å²) < 4.78 is 2.18. The Kier molecular flexibility index (Phi) is 5.83. The summed E-state index contributed by atoms with van der Waals surface area (Å²) >= 11 is 0. The number of aromatic hydroxyl groups is 1. The molecular formula is C21H25N3O. The van der Waals surface area contributed by atoms with Crippen molar-refractivity contribution in [3.63, 3.8) is 0 Å². The van der Waals surface area contributed by atoms with Crippen molar-refractivity contribution in [3.05, 3.63) is 54.1 Å². The van der Waals surface area contributed by atoms with Crippen LogP contribution in [0.2, 0.25) is 0 Å². The second-order valence-electron chi connectivity index (χ2n) is 6.28. The second kappa shape index (κ2) is 8.47. The first kappa shape index (κ1) is 17.2. The fourth-order valence-corrected chi connectivity index (χ4v) is 2.98. The van der Waals surface area contributed by atoms with E-state index in [2.05, 4.69) is 27.5 Å². The van der Waals surface area contributed by atoms with Gasteiger partial charge >= 0.3 is 0 Å². The molecule has 0 amide bonds. The van der Waals surface area contributed by atoms with Gasteiger partial charge in [-0.05, 0) is 30.7 Å². The highest BCUT2D eigenvalue weighted by Gasteiger charge is 2.09. The number of fused-ring (bicyclic) bond motifs is 1. The molecule has 0 radical (unpaired) electrons. The molecule has 0 spiro atoms. The van der Waals surface area contributed by atoms with Crippen LogP contribution in [0.15, 0.2) is 53.5 Å². The first-order chi connectivity index (χ1) is 12.3. The first-order valence-electron chi connectivity index (χ1n) is 9.07. The normalized spacial score (nSPS) is 11.6. The fourth-order valence-electron chi connectivity index (χ4n) is 2.98. The molecule has 0 fully saturated rings. The number of aryl methyl sites for hydroxylation is 1. The Morgan fingerprint density at radius 3 is 2.60 bits per heavy atom. The molecule has 0 aliphatic heterocycles. The first-order valence-corrected chi connectivity index (χ1v) is 9.07. The summed E-state index contributed by atoms with van der Waals surface area (Å²) in [7, 11) is 0. The molecule has 0 atom stereocenters. The van der Waals surface area contributed by atoms with Crippen LogP contribution >= 0.6 is 0 Å². The van der Waals surface area contributed by atoms with Gasteiger partial charge in [-0.15, -0.1) is 0 Å². The Bertz CT molecular complexity index is 851. The van der Waals surface area contributed by atoms with Crippen molar-refractivity contribution in [2.24, 2.45) is 4.99 Å². The average Bonchev–Trinajstić information content (AvgIpc) is 2.99. The largest absolute Gasteiger partial charge is 0.507 e. The Morgan fingerprint density at radius 2 is 1.76 bits per heavy atom. The number of phenolic OH excluding ortho intramolecular Hbond substituents is 1. The van der Waals surface area contributed by atoms with E-state index >= 15 is 0 Å². The molecule has 1 heterocycles. The topological polar surface area (TPSA) is 50.4 Å². The highest BCUT2D eigenvalue weighted by Crippen LogP contribution is 2.23. The molecule has 2 aromatic carbocycles. The van der Waals surface area contributed by atoms with Gasteiger partial charge in [-0.25, -0.2) is 9.98 Å². The average molecular weight is 335 g/mol. The summed E-state index contributed by atoms with van der Waals surface area (Å²) in [6.45, 7) is 3.15. The maximum atomic E-state index is 9.90. The minimum atomic E-state index is 0.230. The summed E-state index contributed by atoms with van der Waals surface area (Å²) in [6.07, 6.45) is 7.86. The standard InChI is InChI=1S/C21H25N3O/c1-2-3-4-5-10-15-24-19-13-8-7-12-18(19)23-21(24)22-16-17-11-6-9-14-20(17)25/h6-9,11-14,16,25H,2-5,10,15H2,1H3. The van der Waals surface area contributed by atoms with E-state index in [1.165, 1.54) is 25.7 Å². The third kappa shape index (κ3) is 4.27. The lowest BCUT2D eigenvalue weighted by atomic mass is 10.1. The maximum absolute atomic E-state index is 9.90. The lowest BCUT2D eigenvalue weighted by Gasteiger charge is -2.06. The van der Waals surface area contributed by atoms with Gasteiger partial charge in [0.2, 0.25) is 5.95 Å². The third-order valence-electron chi connectivity index (χ3n) is 4.38. The summed E-state index contributed by atoms with van der Waals surface area (Å²) in [4.78, 5) is 9.21. The van der Waals surface area contributed by atoms with Crippen molar-refractivity contribution in [3.8, 4) is 5.75 Å². The SMILES string of the molecule is CCCCCCCn1c(N=Cc2ccccc2O)nc2ccccc21. The number of aliphatic imine (C=N–C) groups is 1. The Labute approximate surface area is 148 Å². The van der Waals surface area contributed by atoms with Crippen molar-refractivity contribution in [1.29, 1.82) is 0 Å². The van der Waals surface area contributed by atoms with Gasteiger partial charge in [0, 0.05) is 18.3 Å². The molecular weight excluding hydrogens is 310 g/mol. The zero-order chi connectivity index (χ0) is 17.5. The Hall–Kier alpha value is -2.62. The predicted molar refractivity (Wildman–Crippen MR) is 104 cm³/mol. The van der Waals surface area contributed by atoms with Gasteiger partial charge in [-0.3, -0.25) is 0 Å². The molecule has 1 aromatic heterocycles. The van der Waals surface area contributed by atoms with E-state index in [1.54, 1.807) is 18.3 Å². The number of nitrogens with zero attached hydrogens (tertiary/aromatic N) is 3. The summed E-state index contributed by atoms with van der Waals surface area (Å²) in [5, 5.41) is 9.90. The predicted octanol–water partition coefficient (Wildman–Crippen LogP) is 5.46. The monoisotopic (exact) mass is 335 g/mol. The lowest BCUT2D eigenvalue weighted by Crippen LogP contribution is -1.98. The number of hydrogen-bond donors (Lipinski definition) is 1. The van der Waals surface area contributed by atoms with Crippen LogP contribution in [0, 0.1) is 0 Å². The molecule has 1 N–H and O–H groups in total. The van der Waals surface area contributed by atoms with E-state index in [-0.39, 0.29) is 5.75 Å². The molecule has 25 heavy (non-hydrogen) atoms. The van der Waals surface area contributed by atoms with Gasteiger partial charge in [-0.2, -0.15) is 0 Å². The fraction of sp³-hybridized carbons (Fsp3) is 0.333. The van der Waals surface area contributed by atoms with E-state index in [0.29, 0.717) is 11.5 Å². The number of hydrogen-bond acceptors (Lipinski definition) is 3. The Balaban J connectivity index is 1.83. The lowest BCUT2D eigenvalue weighted by molar-refractivity contribution is 0.474. The molecule has 130 valence electrons. The quantitative estimate of drug-likeness (QED) is 0.439. The number of aromatic nitrogens is 2. The van der Waals surface area contributed by atoms with Crippen LogP contribution in [-0.4, -0.2) is 20.9 Å². The molecule has 4 nitrogen and oxygen atoms in total. The summed E-state index contributed by atoms with van der Waals surface area (Å²) in [5.41, 5.74) is 2.77. The third-order valence-corrected chi connectivity index (χ3v) is 4.38. The Morgan fingerprint density at radius 1 is 1.00 bits per heavy atom. The number of para-hydroxylation sites is 3. The molecule has 0 aliphatic rings. The van der Waals surface area contributed by atoms with Crippen molar-refractivity contribution >= 4 is 23.2 Å². The molecule has 0 saturated heterocycles. The van der Waals surface area contributed by atoms with Crippen LogP contribution in [0.4, 0.5) is 5.95 Å². The number of imidazole rings is 1. The highest BCUT2D eigenvalue weighted by molar-refractivity contribution is 5.86. The maximum Gasteiger partial charge on any atom is 0.230 e. The molecule has 3 aromatic rings. The van der Waals surface area contributed by atoms with Crippen LogP contribution in [0.5, 0.6) is 5.75 Å². The van der Waals surface area contributed by atoms with E-state index in [1.807, 2.05) is 30.3 Å². The van der Waals surface area contributed by atoms with Gasteiger partial charge in [0.1, 0.15) is 5.75 Å². The van der Waals surface area contributed by atoms with Crippen LogP contribution in [0.3, 0.4) is 0 Å². The van der Waals surface area contributed by atoms with Gasteiger partial charge < -0.3 is 9.67 Å². The minimum absolute atomic E-state index is 0.230. The molecule has 3 rings (SSSR count). The summed E-state index contributed by atoms with van der Waals surface area (Å²) in [5.74, 6) is 0.924. The second-order valence-corrected chi connectivity index (χ2v) is 6.28. The van der Waals surface area contributed by atoms with Crippen molar-refractivity contribution in [2.75, 3.05) is 0 Å². The van der Waals surface area contributed by atoms with Crippen LogP contribution in [0.25, 0.3) is 11.0 Å². The van der Waals surface area contributed by atoms with E-state index in [0.717, 1.165) is 24.0 Å². The van der Waals surface area contributed by atoms with Gasteiger partial charge in [0.25, 0.3) is 0 Å². The van der Waals surface area contributed by atoms with Crippen molar-refractivity contribution in [2.45, 2.75) is 45.6 Å². The number of rotatable bonds is 8. The zero-order valence-corrected chi connectivity index (χ0v) is 14.7.